The minimum absolute atomic E-state index is 0.0201. The molecule has 1 aliphatic rings. The van der Waals surface area contributed by atoms with Gasteiger partial charge >= 0.3 is 0 Å². The van der Waals surface area contributed by atoms with Crippen LogP contribution < -0.4 is 5.32 Å². The summed E-state index contributed by atoms with van der Waals surface area (Å²) in [5.74, 6) is -0.143. The van der Waals surface area contributed by atoms with Crippen molar-refractivity contribution in [1.82, 2.24) is 4.98 Å². The monoisotopic (exact) mass is 430 g/mol. The van der Waals surface area contributed by atoms with Gasteiger partial charge in [0, 0.05) is 13.2 Å². The average Bonchev–Trinajstić information content (AvgIpc) is 3.30. The first kappa shape index (κ1) is 20.2. The van der Waals surface area contributed by atoms with Crippen molar-refractivity contribution < 1.29 is 21.6 Å². The molecule has 7 nitrogen and oxygen atoms in total. The predicted octanol–water partition coefficient (Wildman–Crippen LogP) is 2.67. The smallest absolute Gasteiger partial charge is 0.226 e. The average molecular weight is 431 g/mol. The molecule has 1 aliphatic heterocycles. The summed E-state index contributed by atoms with van der Waals surface area (Å²) in [5.41, 5.74) is 0.929. The van der Waals surface area contributed by atoms with Gasteiger partial charge in [0.15, 0.2) is 5.03 Å². The lowest BCUT2D eigenvalue weighted by atomic mass is 10.2. The molecule has 0 aliphatic carbocycles. The molecule has 1 N–H and O–H groups in total. The zero-order valence-corrected chi connectivity index (χ0v) is 17.6. The van der Waals surface area contributed by atoms with Crippen molar-refractivity contribution in [3.63, 3.8) is 0 Å². The quantitative estimate of drug-likeness (QED) is 0.720. The molecule has 2 aromatic rings. The number of rotatable bonds is 7. The second-order valence-corrected chi connectivity index (χ2v) is 11.7. The van der Waals surface area contributed by atoms with Crippen LogP contribution in [0.25, 0.3) is 0 Å². The van der Waals surface area contributed by atoms with Gasteiger partial charge < -0.3 is 10.1 Å². The van der Waals surface area contributed by atoms with Crippen molar-refractivity contribution in [3.8, 4) is 0 Å². The van der Waals surface area contributed by atoms with Gasteiger partial charge in [-0.25, -0.2) is 21.8 Å². The number of nitrogens with zero attached hydrogens (tertiary/aromatic N) is 1. The van der Waals surface area contributed by atoms with E-state index in [1.54, 1.807) is 12.1 Å². The molecule has 2 heterocycles. The molecule has 1 aromatic heterocycles. The number of aryl methyl sites for hydroxylation is 1. The molecular formula is C17H22N2O5S3. The first-order valence-corrected chi connectivity index (χ1v) is 12.6. The number of benzene rings is 1. The maximum absolute atomic E-state index is 13.1. The Morgan fingerprint density at radius 3 is 2.52 bits per heavy atom. The Labute approximate surface area is 163 Å². The van der Waals surface area contributed by atoms with Crippen LogP contribution in [-0.2, 0) is 24.4 Å². The zero-order valence-electron chi connectivity index (χ0n) is 15.1. The van der Waals surface area contributed by atoms with Crippen molar-refractivity contribution in [1.29, 1.82) is 0 Å². The number of anilines is 1. The van der Waals surface area contributed by atoms with E-state index in [0.29, 0.717) is 13.2 Å². The molecule has 3 rings (SSSR count). The van der Waals surface area contributed by atoms with E-state index in [1.807, 2.05) is 6.92 Å². The van der Waals surface area contributed by atoms with Gasteiger partial charge in [-0.05, 0) is 31.9 Å². The highest BCUT2D eigenvalue weighted by atomic mass is 32.2. The van der Waals surface area contributed by atoms with Crippen LogP contribution >= 0.6 is 11.3 Å². The first-order chi connectivity index (χ1) is 12.7. The number of hydrogen-bond donors (Lipinski definition) is 1. The number of hydrogen-bond acceptors (Lipinski definition) is 8. The van der Waals surface area contributed by atoms with Gasteiger partial charge in [-0.15, -0.1) is 0 Å². The van der Waals surface area contributed by atoms with Gasteiger partial charge in [-0.2, -0.15) is 0 Å². The van der Waals surface area contributed by atoms with E-state index in [2.05, 4.69) is 10.3 Å². The Morgan fingerprint density at radius 2 is 1.93 bits per heavy atom. The molecule has 0 bridgehead atoms. The topological polar surface area (TPSA) is 102 Å². The van der Waals surface area contributed by atoms with Crippen LogP contribution in [-0.4, -0.2) is 46.8 Å². The van der Waals surface area contributed by atoms with Gasteiger partial charge in [0.25, 0.3) is 0 Å². The summed E-state index contributed by atoms with van der Waals surface area (Å²) < 4.78 is 56.0. The lowest BCUT2D eigenvalue weighted by Crippen LogP contribution is -2.19. The molecule has 1 atom stereocenters. The highest BCUT2D eigenvalue weighted by molar-refractivity contribution is 7.94. The number of thiazole rings is 1. The molecule has 1 fully saturated rings. The summed E-state index contributed by atoms with van der Waals surface area (Å²) in [4.78, 5) is 4.09. The van der Waals surface area contributed by atoms with E-state index in [4.69, 9.17) is 4.74 Å². The fraction of sp³-hybridized carbons (Fsp3) is 0.471. The molecule has 1 aromatic carbocycles. The van der Waals surface area contributed by atoms with Crippen LogP contribution in [0.2, 0.25) is 0 Å². The molecular weight excluding hydrogens is 408 g/mol. The summed E-state index contributed by atoms with van der Waals surface area (Å²) in [7, 11) is -7.56. The van der Waals surface area contributed by atoms with Crippen LogP contribution in [0.1, 0.15) is 25.3 Å². The number of nitrogens with one attached hydrogen (secondary N) is 1. The molecule has 0 radical (unpaired) electrons. The third-order valence-electron chi connectivity index (χ3n) is 4.32. The van der Waals surface area contributed by atoms with Crippen LogP contribution in [0.4, 0.5) is 5.00 Å². The Morgan fingerprint density at radius 1 is 1.22 bits per heavy atom. The van der Waals surface area contributed by atoms with Crippen LogP contribution in [0.5, 0.6) is 0 Å². The maximum Gasteiger partial charge on any atom is 0.226 e. The molecule has 0 amide bonds. The number of aromatic nitrogens is 1. The SMILES string of the molecule is CCS(=O)(=O)c1nc(S(=O)(=O)c2ccc(C)cc2)c(NC[C@@H]2CCCO2)s1. The molecule has 10 heteroatoms. The largest absolute Gasteiger partial charge is 0.376 e. The van der Waals surface area contributed by atoms with Crippen molar-refractivity contribution in [3.05, 3.63) is 29.8 Å². The fourth-order valence-electron chi connectivity index (χ4n) is 2.68. The zero-order chi connectivity index (χ0) is 19.7. The first-order valence-electron chi connectivity index (χ1n) is 8.65. The van der Waals surface area contributed by atoms with Crippen molar-refractivity contribution in [2.24, 2.45) is 0 Å². The Hall–Kier alpha value is -1.49. The van der Waals surface area contributed by atoms with E-state index >= 15 is 0 Å². The second kappa shape index (κ2) is 7.86. The lowest BCUT2D eigenvalue weighted by molar-refractivity contribution is 0.120. The van der Waals surface area contributed by atoms with Crippen molar-refractivity contribution in [2.45, 2.75) is 47.1 Å². The molecule has 0 spiro atoms. The van der Waals surface area contributed by atoms with Gasteiger partial charge in [0.05, 0.1) is 16.8 Å². The summed E-state index contributed by atoms with van der Waals surface area (Å²) in [5, 5.41) is 3.03. The summed E-state index contributed by atoms with van der Waals surface area (Å²) in [6.45, 7) is 4.45. The summed E-state index contributed by atoms with van der Waals surface area (Å²) >= 11 is 0.854. The van der Waals surface area contributed by atoms with Crippen molar-refractivity contribution >= 4 is 36.0 Å². The van der Waals surface area contributed by atoms with Gasteiger partial charge in [0.1, 0.15) is 5.00 Å². The lowest BCUT2D eigenvalue weighted by Gasteiger charge is -2.11. The summed E-state index contributed by atoms with van der Waals surface area (Å²) in [6, 6.07) is 6.40. The third kappa shape index (κ3) is 4.34. The molecule has 1 saturated heterocycles. The Bertz CT molecular complexity index is 1010. The van der Waals surface area contributed by atoms with E-state index in [9.17, 15) is 16.8 Å². The van der Waals surface area contributed by atoms with E-state index < -0.39 is 19.7 Å². The normalized spacial score (nSPS) is 17.9. The minimum Gasteiger partial charge on any atom is -0.376 e. The number of ether oxygens (including phenoxy) is 1. The Balaban J connectivity index is 2.01. The minimum atomic E-state index is -3.95. The molecule has 0 unspecified atom stereocenters. The predicted molar refractivity (Wildman–Crippen MR) is 104 cm³/mol. The van der Waals surface area contributed by atoms with Crippen molar-refractivity contribution in [2.75, 3.05) is 24.2 Å². The highest BCUT2D eigenvalue weighted by Crippen LogP contribution is 2.35. The van der Waals surface area contributed by atoms with Crippen LogP contribution in [0, 0.1) is 6.92 Å². The maximum atomic E-state index is 13.1. The summed E-state index contributed by atoms with van der Waals surface area (Å²) in [6.07, 6.45) is 1.82. The standard InChI is InChI=1S/C17H22N2O5S3/c1-3-26(20,21)17-19-16(15(25-17)18-11-13-5-4-10-24-13)27(22,23)14-8-6-12(2)7-9-14/h6-9,13,18H,3-5,10-11H2,1-2H3/t13-/m0/s1. The van der Waals surface area contributed by atoms with E-state index in [-0.39, 0.29) is 31.1 Å². The molecule has 0 saturated carbocycles. The second-order valence-electron chi connectivity index (χ2n) is 6.35. The van der Waals surface area contributed by atoms with Gasteiger partial charge in [0.2, 0.25) is 24.0 Å². The van der Waals surface area contributed by atoms with E-state index in [1.165, 1.54) is 19.1 Å². The van der Waals surface area contributed by atoms with Gasteiger partial charge in [-0.1, -0.05) is 36.0 Å². The van der Waals surface area contributed by atoms with Crippen LogP contribution in [0.15, 0.2) is 38.5 Å². The third-order valence-corrected chi connectivity index (χ3v) is 9.35. The molecule has 27 heavy (non-hydrogen) atoms. The fourth-order valence-corrected chi connectivity index (χ4v) is 6.68. The van der Waals surface area contributed by atoms with Gasteiger partial charge in [-0.3, -0.25) is 0 Å². The number of sulfone groups is 2. The Kier molecular flexibility index (Phi) is 5.90. The highest BCUT2D eigenvalue weighted by Gasteiger charge is 2.30. The van der Waals surface area contributed by atoms with Crippen LogP contribution in [0.3, 0.4) is 0 Å². The van der Waals surface area contributed by atoms with E-state index in [0.717, 1.165) is 29.7 Å². The molecule has 148 valence electrons.